The fourth-order valence-electron chi connectivity index (χ4n) is 7.27. The summed E-state index contributed by atoms with van der Waals surface area (Å²) in [6.45, 7) is 6.63. The van der Waals surface area contributed by atoms with E-state index in [1.165, 1.54) is 14.2 Å². The predicted octanol–water partition coefficient (Wildman–Crippen LogP) is 7.34. The van der Waals surface area contributed by atoms with E-state index in [1.54, 1.807) is 21.9 Å². The largest absolute Gasteiger partial charge is 0.453 e. The first kappa shape index (κ1) is 39.3. The molecule has 4 amide bonds. The van der Waals surface area contributed by atoms with Crippen molar-refractivity contribution < 1.29 is 28.7 Å². The second-order valence-corrected chi connectivity index (χ2v) is 14.4. The zero-order chi connectivity index (χ0) is 40.9. The number of carbonyl (C=O) groups is 4. The maximum Gasteiger partial charge on any atom is 0.407 e. The van der Waals surface area contributed by atoms with Crippen LogP contribution in [0.3, 0.4) is 0 Å². The second-order valence-electron chi connectivity index (χ2n) is 14.4. The lowest BCUT2D eigenvalue weighted by atomic mass is 9.98. The normalized spacial score (nSPS) is 11.9. The molecule has 1 atom stereocenters. The van der Waals surface area contributed by atoms with Crippen LogP contribution in [0.1, 0.15) is 50.4 Å². The molecule has 2 heterocycles. The van der Waals surface area contributed by atoms with Gasteiger partial charge in [-0.1, -0.05) is 73.7 Å². The molecule has 2 aromatic heterocycles. The van der Waals surface area contributed by atoms with Crippen molar-refractivity contribution in [1.29, 1.82) is 0 Å². The number of aromatic nitrogens is 4. The number of rotatable bonds is 13. The standard InChI is InChI=1S/C44H46N8O6/c1-6-20-51(42(54)39(50-44(56)58-5)27-10-8-7-9-11-27)24-36-46-34-18-14-30-21-28(12-16-32(30)40(34)48-36)29-13-17-33-31(22-29)15-19-35-41(33)49-37(47-35)25-52(26(2)3)38(53)23-45-43(55)57-4/h7-19,21-22,26,39H,6,20,23-25H2,1-5H3,(H,45,55)(H,46,48)(H,47,49)(H,50,56)/t39-/m1/s1. The minimum absolute atomic E-state index is 0.115. The van der Waals surface area contributed by atoms with Crippen molar-refractivity contribution in [2.75, 3.05) is 27.3 Å². The van der Waals surface area contributed by atoms with Gasteiger partial charge in [-0.3, -0.25) is 9.59 Å². The summed E-state index contributed by atoms with van der Waals surface area (Å²) in [6.07, 6.45) is -0.626. The molecule has 5 aromatic carbocycles. The summed E-state index contributed by atoms with van der Waals surface area (Å²) < 4.78 is 9.43. The Balaban J connectivity index is 1.12. The lowest BCUT2D eigenvalue weighted by molar-refractivity contribution is -0.134. The summed E-state index contributed by atoms with van der Waals surface area (Å²) in [5, 5.41) is 9.17. The Bertz CT molecular complexity index is 2640. The number of imidazole rings is 2. The van der Waals surface area contributed by atoms with E-state index in [4.69, 9.17) is 14.7 Å². The van der Waals surface area contributed by atoms with E-state index in [0.717, 1.165) is 61.2 Å². The number of carbonyl (C=O) groups excluding carboxylic acids is 4. The number of fused-ring (bicyclic) bond motifs is 6. The summed E-state index contributed by atoms with van der Waals surface area (Å²) >= 11 is 0. The first-order valence-corrected chi connectivity index (χ1v) is 19.2. The molecule has 0 saturated heterocycles. The van der Waals surface area contributed by atoms with Crippen LogP contribution in [-0.4, -0.2) is 87.1 Å². The Labute approximate surface area is 334 Å². The molecule has 7 rings (SSSR count). The SMILES string of the molecule is CCCN(Cc1nc2c(ccc3cc(-c4ccc5c(ccc6[nH]c(CN(C(=O)CNC(=O)OC)C(C)C)nc65)c4)ccc32)[nH]1)C(=O)[C@H](NC(=O)OC)c1ccccc1. The number of hydrogen-bond acceptors (Lipinski definition) is 8. The molecule has 0 spiro atoms. The topological polar surface area (TPSA) is 175 Å². The molecule has 0 aliphatic heterocycles. The zero-order valence-electron chi connectivity index (χ0n) is 33.1. The fraction of sp³-hybridized carbons (Fsp3) is 0.273. The highest BCUT2D eigenvalue weighted by atomic mass is 16.5. The number of amides is 4. The van der Waals surface area contributed by atoms with Crippen LogP contribution < -0.4 is 10.6 Å². The van der Waals surface area contributed by atoms with Crippen LogP contribution in [0.15, 0.2) is 91.0 Å². The Morgan fingerprint density at radius 3 is 1.83 bits per heavy atom. The molecular weight excluding hydrogens is 737 g/mol. The second kappa shape index (κ2) is 17.0. The Kier molecular flexibility index (Phi) is 11.5. The van der Waals surface area contributed by atoms with Gasteiger partial charge in [0.25, 0.3) is 0 Å². The van der Waals surface area contributed by atoms with Crippen molar-refractivity contribution in [1.82, 2.24) is 40.4 Å². The van der Waals surface area contributed by atoms with E-state index in [1.807, 2.05) is 51.1 Å². The van der Waals surface area contributed by atoms with Crippen LogP contribution in [0.5, 0.6) is 0 Å². The molecule has 0 fully saturated rings. The highest BCUT2D eigenvalue weighted by Crippen LogP contribution is 2.33. The van der Waals surface area contributed by atoms with Crippen molar-refractivity contribution >= 4 is 67.6 Å². The summed E-state index contributed by atoms with van der Waals surface area (Å²) in [5.74, 6) is 0.784. The van der Waals surface area contributed by atoms with Gasteiger partial charge in [0.2, 0.25) is 11.8 Å². The van der Waals surface area contributed by atoms with Crippen LogP contribution in [0.2, 0.25) is 0 Å². The summed E-state index contributed by atoms with van der Waals surface area (Å²) in [5.41, 5.74) is 6.09. The molecule has 0 aliphatic rings. The maximum atomic E-state index is 13.9. The molecule has 14 nitrogen and oxygen atoms in total. The third-order valence-corrected chi connectivity index (χ3v) is 10.2. The summed E-state index contributed by atoms with van der Waals surface area (Å²) in [7, 11) is 2.53. The van der Waals surface area contributed by atoms with E-state index in [0.29, 0.717) is 23.8 Å². The number of methoxy groups -OCH3 is 2. The Morgan fingerprint density at radius 1 is 0.724 bits per heavy atom. The van der Waals surface area contributed by atoms with Gasteiger partial charge in [0, 0.05) is 23.4 Å². The van der Waals surface area contributed by atoms with Crippen LogP contribution in [0, 0.1) is 0 Å². The number of nitrogens with one attached hydrogen (secondary N) is 4. The van der Waals surface area contributed by atoms with Gasteiger partial charge in [0.15, 0.2) is 0 Å². The van der Waals surface area contributed by atoms with Gasteiger partial charge in [-0.05, 0) is 72.0 Å². The van der Waals surface area contributed by atoms with Gasteiger partial charge in [-0.15, -0.1) is 0 Å². The summed E-state index contributed by atoms with van der Waals surface area (Å²) in [6, 6.07) is 28.8. The number of H-pyrrole nitrogens is 2. The average molecular weight is 783 g/mol. The third kappa shape index (κ3) is 8.26. The number of alkyl carbamates (subject to hydrolysis) is 2. The number of aromatic amines is 2. The smallest absolute Gasteiger partial charge is 0.407 e. The third-order valence-electron chi connectivity index (χ3n) is 10.2. The van der Waals surface area contributed by atoms with E-state index in [-0.39, 0.29) is 37.5 Å². The van der Waals surface area contributed by atoms with Crippen molar-refractivity contribution in [2.45, 2.75) is 52.4 Å². The number of ether oxygens (including phenoxy) is 2. The first-order valence-electron chi connectivity index (χ1n) is 19.2. The van der Waals surface area contributed by atoms with Gasteiger partial charge in [0.1, 0.15) is 24.2 Å². The molecule has 4 N–H and O–H groups in total. The molecule has 7 aromatic rings. The highest BCUT2D eigenvalue weighted by Gasteiger charge is 2.28. The lowest BCUT2D eigenvalue weighted by Crippen LogP contribution is -2.43. The van der Waals surface area contributed by atoms with Gasteiger partial charge in [-0.25, -0.2) is 19.6 Å². The Hall–Kier alpha value is -6.96. The number of benzene rings is 5. The van der Waals surface area contributed by atoms with Crippen LogP contribution in [-0.2, 0) is 32.2 Å². The van der Waals surface area contributed by atoms with Crippen molar-refractivity contribution in [3.63, 3.8) is 0 Å². The van der Waals surface area contributed by atoms with Gasteiger partial charge >= 0.3 is 12.2 Å². The zero-order valence-corrected chi connectivity index (χ0v) is 33.1. The molecule has 14 heteroatoms. The van der Waals surface area contributed by atoms with Gasteiger partial charge in [-0.2, -0.15) is 0 Å². The summed E-state index contributed by atoms with van der Waals surface area (Å²) in [4.78, 5) is 70.6. The van der Waals surface area contributed by atoms with E-state index >= 15 is 0 Å². The van der Waals surface area contributed by atoms with Crippen LogP contribution >= 0.6 is 0 Å². The van der Waals surface area contributed by atoms with E-state index in [9.17, 15) is 19.2 Å². The van der Waals surface area contributed by atoms with E-state index in [2.05, 4.69) is 73.9 Å². The molecular formula is C44H46N8O6. The minimum Gasteiger partial charge on any atom is -0.453 e. The number of nitrogens with zero attached hydrogens (tertiary/aromatic N) is 4. The number of hydrogen-bond donors (Lipinski definition) is 4. The quantitative estimate of drug-likeness (QED) is 0.0940. The lowest BCUT2D eigenvalue weighted by Gasteiger charge is -2.27. The van der Waals surface area contributed by atoms with Crippen molar-refractivity contribution in [3.8, 4) is 11.1 Å². The monoisotopic (exact) mass is 782 g/mol. The van der Waals surface area contributed by atoms with E-state index < -0.39 is 18.2 Å². The molecule has 0 aliphatic carbocycles. The average Bonchev–Trinajstić information content (AvgIpc) is 3.87. The molecule has 0 unspecified atom stereocenters. The molecule has 298 valence electrons. The van der Waals surface area contributed by atoms with Crippen molar-refractivity contribution in [3.05, 3.63) is 108 Å². The van der Waals surface area contributed by atoms with Gasteiger partial charge < -0.3 is 39.9 Å². The highest BCUT2D eigenvalue weighted by molar-refractivity contribution is 6.07. The fourth-order valence-corrected chi connectivity index (χ4v) is 7.27. The molecule has 58 heavy (non-hydrogen) atoms. The molecule has 0 bridgehead atoms. The Morgan fingerprint density at radius 2 is 1.29 bits per heavy atom. The van der Waals surface area contributed by atoms with Gasteiger partial charge in [0.05, 0.1) is 49.4 Å². The van der Waals surface area contributed by atoms with Crippen LogP contribution in [0.25, 0.3) is 54.7 Å². The van der Waals surface area contributed by atoms with Crippen molar-refractivity contribution in [2.24, 2.45) is 0 Å². The molecule has 0 radical (unpaired) electrons. The predicted molar refractivity (Wildman–Crippen MR) is 223 cm³/mol. The maximum absolute atomic E-state index is 13.9. The first-order chi connectivity index (χ1) is 28.1. The van der Waals surface area contributed by atoms with Crippen LogP contribution in [0.4, 0.5) is 9.59 Å². The molecule has 0 saturated carbocycles. The minimum atomic E-state index is -0.913.